The van der Waals surface area contributed by atoms with E-state index in [1.165, 1.54) is 42.4 Å². The summed E-state index contributed by atoms with van der Waals surface area (Å²) in [7, 11) is -0.342. The van der Waals surface area contributed by atoms with Crippen LogP contribution in [0.4, 0.5) is 0 Å². The number of benzene rings is 3. The van der Waals surface area contributed by atoms with Crippen molar-refractivity contribution in [3.05, 3.63) is 65.7 Å². The zero-order valence-corrected chi connectivity index (χ0v) is 19.8. The van der Waals surface area contributed by atoms with Gasteiger partial charge in [0.2, 0.25) is 0 Å². The second-order valence-electron chi connectivity index (χ2n) is 10.5. The lowest BCUT2D eigenvalue weighted by Crippen LogP contribution is -2.41. The van der Waals surface area contributed by atoms with Gasteiger partial charge in [0.25, 0.3) is 0 Å². The van der Waals surface area contributed by atoms with Gasteiger partial charge in [-0.1, -0.05) is 56.3 Å². The average Bonchev–Trinajstić information content (AvgIpc) is 3.27. The van der Waals surface area contributed by atoms with Gasteiger partial charge in [-0.25, -0.2) is 0 Å². The summed E-state index contributed by atoms with van der Waals surface area (Å²) in [5.41, 5.74) is 6.05. The summed E-state index contributed by atoms with van der Waals surface area (Å²) in [5.74, 6) is 0. The van der Waals surface area contributed by atoms with E-state index < -0.39 is 0 Å². The lowest BCUT2D eigenvalue weighted by molar-refractivity contribution is 0.00578. The molecule has 3 aromatic carbocycles. The standard InChI is InChI=1S/C27H27BO2S/c1-25(2)20-12-8-7-10-16(20)18-14-19-17-11-9-13-22(24(17)31-23(19)15-21(18)25)28-29-26(3,4)27(5,6)30-28/h7-15H,1-6H3. The normalized spacial score (nSPS) is 20.4. The van der Waals surface area contributed by atoms with Gasteiger partial charge in [0.1, 0.15) is 0 Å². The van der Waals surface area contributed by atoms with Crippen LogP contribution in [-0.4, -0.2) is 18.3 Å². The van der Waals surface area contributed by atoms with Gasteiger partial charge in [-0.15, -0.1) is 11.3 Å². The second kappa shape index (κ2) is 6.01. The summed E-state index contributed by atoms with van der Waals surface area (Å²) in [5, 5.41) is 2.61. The Morgan fingerprint density at radius 2 is 1.42 bits per heavy atom. The van der Waals surface area contributed by atoms with E-state index in [0.717, 1.165) is 5.46 Å². The fourth-order valence-corrected chi connectivity index (χ4v) is 6.41. The smallest absolute Gasteiger partial charge is 0.399 e. The van der Waals surface area contributed by atoms with E-state index in [1.54, 1.807) is 0 Å². The molecule has 0 radical (unpaired) electrons. The molecule has 4 heteroatoms. The minimum absolute atomic E-state index is 0.0187. The quantitative estimate of drug-likeness (QED) is 0.317. The SMILES string of the molecule is CC1(C)c2ccccc2-c2cc3c(cc21)sc1c(B2OC(C)(C)C(C)(C)O2)cccc13. The molecule has 2 aliphatic rings. The lowest BCUT2D eigenvalue weighted by Gasteiger charge is -2.32. The maximum absolute atomic E-state index is 6.40. The van der Waals surface area contributed by atoms with Crippen molar-refractivity contribution >= 4 is 44.1 Å². The van der Waals surface area contributed by atoms with E-state index in [2.05, 4.69) is 96.1 Å². The van der Waals surface area contributed by atoms with Crippen molar-refractivity contribution in [3.8, 4) is 11.1 Å². The summed E-state index contributed by atoms with van der Waals surface area (Å²) in [6.45, 7) is 13.1. The number of thiophene rings is 1. The van der Waals surface area contributed by atoms with E-state index in [0.29, 0.717) is 0 Å². The van der Waals surface area contributed by atoms with Crippen LogP contribution in [-0.2, 0) is 14.7 Å². The van der Waals surface area contributed by atoms with Crippen LogP contribution in [0.15, 0.2) is 54.6 Å². The molecule has 2 heterocycles. The number of hydrogen-bond acceptors (Lipinski definition) is 3. The van der Waals surface area contributed by atoms with E-state index in [4.69, 9.17) is 9.31 Å². The molecule has 2 nitrogen and oxygen atoms in total. The minimum atomic E-state index is -0.342. The van der Waals surface area contributed by atoms with E-state index >= 15 is 0 Å². The number of fused-ring (bicyclic) bond motifs is 6. The molecule has 0 saturated carbocycles. The van der Waals surface area contributed by atoms with E-state index in [-0.39, 0.29) is 23.7 Å². The van der Waals surface area contributed by atoms with Crippen LogP contribution in [0, 0.1) is 0 Å². The Morgan fingerprint density at radius 3 is 2.16 bits per heavy atom. The summed E-state index contributed by atoms with van der Waals surface area (Å²) < 4.78 is 15.4. The molecule has 31 heavy (non-hydrogen) atoms. The van der Waals surface area contributed by atoms with Crippen molar-refractivity contribution < 1.29 is 9.31 Å². The van der Waals surface area contributed by atoms with Crippen molar-refractivity contribution in [3.63, 3.8) is 0 Å². The number of hydrogen-bond donors (Lipinski definition) is 0. The van der Waals surface area contributed by atoms with Gasteiger partial charge < -0.3 is 9.31 Å². The highest BCUT2D eigenvalue weighted by molar-refractivity contribution is 7.27. The molecule has 1 aliphatic heterocycles. The summed E-state index contributed by atoms with van der Waals surface area (Å²) in [6.07, 6.45) is 0. The molecule has 0 bridgehead atoms. The molecule has 6 rings (SSSR count). The fraction of sp³-hybridized carbons (Fsp3) is 0.333. The predicted octanol–water partition coefficient (Wildman–Crippen LogP) is 6.66. The molecular formula is C27H27BO2S. The lowest BCUT2D eigenvalue weighted by atomic mass is 9.78. The molecule has 156 valence electrons. The first-order valence-electron chi connectivity index (χ1n) is 11.1. The van der Waals surface area contributed by atoms with Crippen LogP contribution >= 0.6 is 11.3 Å². The van der Waals surface area contributed by atoms with Crippen LogP contribution in [0.2, 0.25) is 0 Å². The molecule has 1 fully saturated rings. The van der Waals surface area contributed by atoms with Crippen LogP contribution in [0.25, 0.3) is 31.3 Å². The van der Waals surface area contributed by atoms with Crippen molar-refractivity contribution in [2.24, 2.45) is 0 Å². The Kier molecular flexibility index (Phi) is 3.79. The van der Waals surface area contributed by atoms with Crippen molar-refractivity contribution in [2.45, 2.75) is 58.2 Å². The van der Waals surface area contributed by atoms with Gasteiger partial charge in [0, 0.05) is 25.7 Å². The zero-order chi connectivity index (χ0) is 21.8. The van der Waals surface area contributed by atoms with Crippen molar-refractivity contribution in [1.29, 1.82) is 0 Å². The molecule has 1 aromatic heterocycles. The molecule has 0 atom stereocenters. The Labute approximate surface area is 188 Å². The summed E-state index contributed by atoms with van der Waals surface area (Å²) >= 11 is 1.86. The topological polar surface area (TPSA) is 18.5 Å². The average molecular weight is 426 g/mol. The first kappa shape index (κ1) is 19.5. The molecular weight excluding hydrogens is 399 g/mol. The number of rotatable bonds is 1. The highest BCUT2D eigenvalue weighted by Gasteiger charge is 2.52. The van der Waals surface area contributed by atoms with Crippen LogP contribution in [0.3, 0.4) is 0 Å². The third-order valence-corrected chi connectivity index (χ3v) is 8.96. The van der Waals surface area contributed by atoms with Crippen molar-refractivity contribution in [1.82, 2.24) is 0 Å². The maximum Gasteiger partial charge on any atom is 0.496 e. The van der Waals surface area contributed by atoms with Gasteiger partial charge in [-0.05, 0) is 67.5 Å². The monoisotopic (exact) mass is 426 g/mol. The molecule has 0 amide bonds. The second-order valence-corrected chi connectivity index (χ2v) is 11.5. The highest BCUT2D eigenvalue weighted by Crippen LogP contribution is 2.51. The van der Waals surface area contributed by atoms with Crippen LogP contribution < -0.4 is 5.46 Å². The van der Waals surface area contributed by atoms with Gasteiger partial charge >= 0.3 is 7.12 Å². The molecule has 4 aromatic rings. The van der Waals surface area contributed by atoms with E-state index in [9.17, 15) is 0 Å². The van der Waals surface area contributed by atoms with Gasteiger partial charge in [-0.2, -0.15) is 0 Å². The Bertz CT molecular complexity index is 1360. The van der Waals surface area contributed by atoms with Gasteiger partial charge in [0.15, 0.2) is 0 Å². The van der Waals surface area contributed by atoms with Gasteiger partial charge in [-0.3, -0.25) is 0 Å². The minimum Gasteiger partial charge on any atom is -0.399 e. The maximum atomic E-state index is 6.40. The molecule has 1 aliphatic carbocycles. The molecule has 0 unspecified atom stereocenters. The molecule has 0 spiro atoms. The predicted molar refractivity (Wildman–Crippen MR) is 133 cm³/mol. The first-order chi connectivity index (χ1) is 14.6. The first-order valence-corrected chi connectivity index (χ1v) is 11.9. The van der Waals surface area contributed by atoms with E-state index in [1.807, 2.05) is 11.3 Å². The third-order valence-electron chi connectivity index (χ3n) is 7.74. The Morgan fingerprint density at radius 1 is 0.710 bits per heavy atom. The Balaban J connectivity index is 1.58. The zero-order valence-electron chi connectivity index (χ0n) is 19.0. The Hall–Kier alpha value is -2.14. The largest absolute Gasteiger partial charge is 0.496 e. The molecule has 0 N–H and O–H groups in total. The summed E-state index contributed by atoms with van der Waals surface area (Å²) in [4.78, 5) is 0. The fourth-order valence-electron chi connectivity index (χ4n) is 5.17. The summed E-state index contributed by atoms with van der Waals surface area (Å²) in [6, 6.07) is 20.2. The van der Waals surface area contributed by atoms with Gasteiger partial charge in [0.05, 0.1) is 11.2 Å². The van der Waals surface area contributed by atoms with Crippen molar-refractivity contribution in [2.75, 3.05) is 0 Å². The third kappa shape index (κ3) is 2.53. The van der Waals surface area contributed by atoms with Crippen LogP contribution in [0.1, 0.15) is 52.7 Å². The van der Waals surface area contributed by atoms with Crippen LogP contribution in [0.5, 0.6) is 0 Å². The highest BCUT2D eigenvalue weighted by atomic mass is 32.1. The molecule has 1 saturated heterocycles.